The van der Waals surface area contributed by atoms with Gasteiger partial charge in [-0.3, -0.25) is 9.59 Å². The summed E-state index contributed by atoms with van der Waals surface area (Å²) in [5, 5.41) is 2.71. The maximum Gasteiger partial charge on any atom is 0.573 e. The molecule has 0 spiro atoms. The van der Waals surface area contributed by atoms with Gasteiger partial charge in [0.25, 0.3) is 0 Å². The molecule has 1 saturated heterocycles. The maximum absolute atomic E-state index is 12.6. The molecule has 2 amide bonds. The number of methoxy groups -OCH3 is 1. The van der Waals surface area contributed by atoms with Gasteiger partial charge in [-0.05, 0) is 30.7 Å². The van der Waals surface area contributed by atoms with E-state index in [2.05, 4.69) is 10.1 Å². The first-order valence-electron chi connectivity index (χ1n) is 8.94. The first kappa shape index (κ1) is 21.3. The molecular weight excluding hydrogens is 405 g/mol. The second kappa shape index (κ2) is 8.52. The number of likely N-dealkylation sites (tertiary alicyclic amines) is 1. The number of likely N-dealkylation sites (N-methyl/N-ethyl adjacent to an activating group) is 1. The van der Waals surface area contributed by atoms with Crippen molar-refractivity contribution in [2.45, 2.75) is 25.2 Å². The summed E-state index contributed by atoms with van der Waals surface area (Å²) in [6, 6.07) is 9.03. The molecule has 2 aromatic carbocycles. The van der Waals surface area contributed by atoms with Crippen molar-refractivity contribution in [3.63, 3.8) is 0 Å². The zero-order valence-electron chi connectivity index (χ0n) is 16.2. The van der Waals surface area contributed by atoms with E-state index in [4.69, 9.17) is 9.47 Å². The van der Waals surface area contributed by atoms with Crippen LogP contribution in [-0.2, 0) is 9.59 Å². The van der Waals surface area contributed by atoms with Crippen LogP contribution in [0.15, 0.2) is 42.5 Å². The number of hydrogen-bond acceptors (Lipinski definition) is 5. The minimum Gasteiger partial charge on any atom is -0.495 e. The van der Waals surface area contributed by atoms with Crippen molar-refractivity contribution >= 4 is 17.5 Å². The van der Waals surface area contributed by atoms with Crippen LogP contribution >= 0.6 is 0 Å². The van der Waals surface area contributed by atoms with Crippen LogP contribution in [0.1, 0.15) is 12.8 Å². The van der Waals surface area contributed by atoms with Crippen molar-refractivity contribution in [2.24, 2.45) is 0 Å². The summed E-state index contributed by atoms with van der Waals surface area (Å²) in [5.41, 5.74) is 0.301. The number of nitrogens with one attached hydrogen (secondary N) is 1. The fourth-order valence-corrected chi connectivity index (χ4v) is 3.05. The molecule has 0 aromatic heterocycles. The maximum atomic E-state index is 12.6. The van der Waals surface area contributed by atoms with E-state index in [1.165, 1.54) is 36.3 Å². The summed E-state index contributed by atoms with van der Waals surface area (Å²) in [6.07, 6.45) is -4.11. The van der Waals surface area contributed by atoms with Crippen molar-refractivity contribution in [1.29, 1.82) is 0 Å². The SMILES string of the molecule is COc1ccc(Oc2cccc(OC(F)(F)F)c2)cc1NC(=O)C1CCC(=O)N1C. The molecule has 1 heterocycles. The third-order valence-electron chi connectivity index (χ3n) is 4.50. The van der Waals surface area contributed by atoms with Gasteiger partial charge in [0.2, 0.25) is 11.8 Å². The summed E-state index contributed by atoms with van der Waals surface area (Å²) in [5.74, 6) is -0.182. The predicted octanol–water partition coefficient (Wildman–Crippen LogP) is 3.95. The highest BCUT2D eigenvalue weighted by atomic mass is 19.4. The first-order chi connectivity index (χ1) is 14.2. The first-order valence-corrected chi connectivity index (χ1v) is 8.94. The molecule has 1 unspecified atom stereocenters. The van der Waals surface area contributed by atoms with Crippen LogP contribution < -0.4 is 19.5 Å². The zero-order chi connectivity index (χ0) is 21.9. The van der Waals surface area contributed by atoms with Crippen LogP contribution in [-0.4, -0.2) is 43.3 Å². The molecule has 1 N–H and O–H groups in total. The van der Waals surface area contributed by atoms with Gasteiger partial charge in [-0.2, -0.15) is 0 Å². The lowest BCUT2D eigenvalue weighted by Crippen LogP contribution is -2.38. The van der Waals surface area contributed by atoms with Crippen LogP contribution in [0.4, 0.5) is 18.9 Å². The van der Waals surface area contributed by atoms with Crippen LogP contribution in [0.25, 0.3) is 0 Å². The third kappa shape index (κ3) is 5.13. The number of anilines is 1. The van der Waals surface area contributed by atoms with E-state index < -0.39 is 18.2 Å². The summed E-state index contributed by atoms with van der Waals surface area (Å²) in [7, 11) is 2.99. The van der Waals surface area contributed by atoms with Gasteiger partial charge in [0.15, 0.2) is 0 Å². The van der Waals surface area contributed by atoms with Crippen LogP contribution in [0.5, 0.6) is 23.0 Å². The lowest BCUT2D eigenvalue weighted by Gasteiger charge is -2.20. The lowest BCUT2D eigenvalue weighted by atomic mass is 10.2. The van der Waals surface area contributed by atoms with Crippen molar-refractivity contribution in [3.8, 4) is 23.0 Å². The number of halogens is 3. The van der Waals surface area contributed by atoms with E-state index in [0.29, 0.717) is 24.3 Å². The van der Waals surface area contributed by atoms with Gasteiger partial charge < -0.3 is 24.4 Å². The largest absolute Gasteiger partial charge is 0.573 e. The zero-order valence-corrected chi connectivity index (χ0v) is 16.2. The lowest BCUT2D eigenvalue weighted by molar-refractivity contribution is -0.274. The molecule has 1 aliphatic heterocycles. The second-order valence-corrected chi connectivity index (χ2v) is 6.54. The molecule has 0 radical (unpaired) electrons. The topological polar surface area (TPSA) is 77.1 Å². The van der Waals surface area contributed by atoms with E-state index >= 15 is 0 Å². The van der Waals surface area contributed by atoms with Crippen LogP contribution in [0.2, 0.25) is 0 Å². The Hall–Kier alpha value is -3.43. The number of amides is 2. The number of rotatable bonds is 6. The predicted molar refractivity (Wildman–Crippen MR) is 101 cm³/mol. The standard InChI is InChI=1S/C20H19F3N2O5/c1-25-16(7-9-18(25)26)19(27)24-15-11-13(6-8-17(15)28-2)29-12-4-3-5-14(10-12)30-20(21,22)23/h3-6,8,10-11,16H,7,9H2,1-2H3,(H,24,27). The van der Waals surface area contributed by atoms with Gasteiger partial charge in [-0.1, -0.05) is 6.07 Å². The fourth-order valence-electron chi connectivity index (χ4n) is 3.05. The molecule has 0 bridgehead atoms. The molecular formula is C20H19F3N2O5. The fraction of sp³-hybridized carbons (Fsp3) is 0.300. The quantitative estimate of drug-likeness (QED) is 0.760. The summed E-state index contributed by atoms with van der Waals surface area (Å²) < 4.78 is 51.9. The van der Waals surface area contributed by atoms with Gasteiger partial charge in [0.05, 0.1) is 12.8 Å². The van der Waals surface area contributed by atoms with E-state index in [-0.39, 0.29) is 23.3 Å². The number of alkyl halides is 3. The number of ether oxygens (including phenoxy) is 3. The molecule has 1 fully saturated rings. The minimum atomic E-state index is -4.81. The van der Waals surface area contributed by atoms with Gasteiger partial charge in [-0.25, -0.2) is 0 Å². The highest BCUT2D eigenvalue weighted by Gasteiger charge is 2.33. The normalized spacial score (nSPS) is 16.4. The van der Waals surface area contributed by atoms with E-state index in [1.54, 1.807) is 13.1 Å². The molecule has 30 heavy (non-hydrogen) atoms. The molecule has 10 heteroatoms. The Labute approximate surface area is 170 Å². The highest BCUT2D eigenvalue weighted by molar-refractivity contribution is 5.99. The van der Waals surface area contributed by atoms with E-state index in [1.807, 2.05) is 0 Å². The summed E-state index contributed by atoms with van der Waals surface area (Å²) in [4.78, 5) is 25.6. The smallest absolute Gasteiger partial charge is 0.495 e. The van der Waals surface area contributed by atoms with Crippen LogP contribution in [0.3, 0.4) is 0 Å². The van der Waals surface area contributed by atoms with Crippen molar-refractivity contribution in [1.82, 2.24) is 4.90 Å². The molecule has 1 aliphatic rings. The number of benzene rings is 2. The minimum absolute atomic E-state index is 0.111. The molecule has 0 aliphatic carbocycles. The van der Waals surface area contributed by atoms with Gasteiger partial charge >= 0.3 is 6.36 Å². The average Bonchev–Trinajstić information content (AvgIpc) is 3.00. The Morgan fingerprint density at radius 2 is 1.83 bits per heavy atom. The number of nitrogens with zero attached hydrogens (tertiary/aromatic N) is 1. The van der Waals surface area contributed by atoms with Gasteiger partial charge in [-0.15, -0.1) is 13.2 Å². The van der Waals surface area contributed by atoms with Crippen molar-refractivity contribution in [3.05, 3.63) is 42.5 Å². The summed E-state index contributed by atoms with van der Waals surface area (Å²) in [6.45, 7) is 0. The second-order valence-electron chi connectivity index (χ2n) is 6.54. The molecule has 1 atom stereocenters. The Morgan fingerprint density at radius 3 is 2.47 bits per heavy atom. The Balaban J connectivity index is 1.77. The van der Waals surface area contributed by atoms with E-state index in [9.17, 15) is 22.8 Å². The molecule has 3 rings (SSSR count). The summed E-state index contributed by atoms with van der Waals surface area (Å²) >= 11 is 0. The third-order valence-corrected chi connectivity index (χ3v) is 4.50. The van der Waals surface area contributed by atoms with Crippen LogP contribution in [0, 0.1) is 0 Å². The Morgan fingerprint density at radius 1 is 1.13 bits per heavy atom. The highest BCUT2D eigenvalue weighted by Crippen LogP contribution is 2.34. The molecule has 7 nitrogen and oxygen atoms in total. The molecule has 2 aromatic rings. The Bertz CT molecular complexity index is 948. The number of carbonyl (C=O) groups is 2. The number of carbonyl (C=O) groups excluding carboxylic acids is 2. The number of hydrogen-bond donors (Lipinski definition) is 1. The van der Waals surface area contributed by atoms with Gasteiger partial charge in [0, 0.05) is 25.6 Å². The average molecular weight is 424 g/mol. The monoisotopic (exact) mass is 424 g/mol. The van der Waals surface area contributed by atoms with Gasteiger partial charge in [0.1, 0.15) is 29.0 Å². The van der Waals surface area contributed by atoms with E-state index in [0.717, 1.165) is 12.1 Å². The Kier molecular flexibility index (Phi) is 6.04. The van der Waals surface area contributed by atoms with Crippen molar-refractivity contribution < 1.29 is 37.0 Å². The van der Waals surface area contributed by atoms with Crippen molar-refractivity contribution in [2.75, 3.05) is 19.5 Å². The molecule has 0 saturated carbocycles. The molecule has 160 valence electrons.